The zero-order valence-corrected chi connectivity index (χ0v) is 12.7. The molecule has 0 heterocycles. The van der Waals surface area contributed by atoms with Gasteiger partial charge in [-0.3, -0.25) is 0 Å². The summed E-state index contributed by atoms with van der Waals surface area (Å²) in [5.74, 6) is -0.234. The van der Waals surface area contributed by atoms with Crippen molar-refractivity contribution in [2.45, 2.75) is 39.5 Å². The summed E-state index contributed by atoms with van der Waals surface area (Å²) in [6.07, 6.45) is -0.564. The Hall–Kier alpha value is -1.71. The van der Waals surface area contributed by atoms with Gasteiger partial charge in [0.05, 0.1) is 6.10 Å². The van der Waals surface area contributed by atoms with Crippen LogP contribution in [0.15, 0.2) is 42.5 Å². The van der Waals surface area contributed by atoms with Crippen molar-refractivity contribution < 1.29 is 9.50 Å². The van der Waals surface area contributed by atoms with E-state index in [1.54, 1.807) is 12.1 Å². The van der Waals surface area contributed by atoms with E-state index in [0.717, 1.165) is 16.7 Å². The molecule has 2 nitrogen and oxygen atoms in total. The fraction of sp³-hybridized carbons (Fsp3) is 0.333. The number of aliphatic hydroxyl groups excluding tert-OH is 1. The van der Waals surface area contributed by atoms with E-state index < -0.39 is 6.10 Å². The Kier molecular flexibility index (Phi) is 5.10. The Bertz CT molecular complexity index is 595. The standard InChI is InChI=1S/C18H22FNO/c1-12-4-9-17(13(2)10-12)18(21)14(3)20-11-15-5-7-16(19)8-6-15/h4-10,14,18,20-21H,11H2,1-3H3. The fourth-order valence-corrected chi connectivity index (χ4v) is 2.42. The topological polar surface area (TPSA) is 32.3 Å². The fourth-order valence-electron chi connectivity index (χ4n) is 2.42. The molecule has 21 heavy (non-hydrogen) atoms. The molecule has 2 N–H and O–H groups in total. The molecule has 0 spiro atoms. The van der Waals surface area contributed by atoms with Gasteiger partial charge >= 0.3 is 0 Å². The van der Waals surface area contributed by atoms with Gasteiger partial charge in [-0.05, 0) is 49.6 Å². The summed E-state index contributed by atoms with van der Waals surface area (Å²) in [7, 11) is 0. The van der Waals surface area contributed by atoms with Crippen LogP contribution < -0.4 is 5.32 Å². The van der Waals surface area contributed by atoms with Crippen LogP contribution in [0.2, 0.25) is 0 Å². The number of rotatable bonds is 5. The van der Waals surface area contributed by atoms with Crippen LogP contribution in [0, 0.1) is 19.7 Å². The predicted molar refractivity (Wildman–Crippen MR) is 83.6 cm³/mol. The molecule has 0 aliphatic rings. The van der Waals surface area contributed by atoms with Crippen molar-refractivity contribution in [2.75, 3.05) is 0 Å². The minimum Gasteiger partial charge on any atom is -0.387 e. The van der Waals surface area contributed by atoms with Gasteiger partial charge in [0.25, 0.3) is 0 Å². The van der Waals surface area contributed by atoms with Gasteiger partial charge in [0.15, 0.2) is 0 Å². The third-order valence-electron chi connectivity index (χ3n) is 3.76. The van der Waals surface area contributed by atoms with E-state index in [9.17, 15) is 9.50 Å². The molecule has 0 aliphatic heterocycles. The summed E-state index contributed by atoms with van der Waals surface area (Å²) in [6, 6.07) is 12.4. The summed E-state index contributed by atoms with van der Waals surface area (Å²) in [6.45, 7) is 6.61. The maximum atomic E-state index is 12.9. The van der Waals surface area contributed by atoms with Crippen LogP contribution >= 0.6 is 0 Å². The van der Waals surface area contributed by atoms with Gasteiger partial charge in [0, 0.05) is 12.6 Å². The van der Waals surface area contributed by atoms with Gasteiger partial charge in [0.1, 0.15) is 5.82 Å². The quantitative estimate of drug-likeness (QED) is 0.879. The van der Waals surface area contributed by atoms with Crippen molar-refractivity contribution in [3.63, 3.8) is 0 Å². The molecule has 2 unspecified atom stereocenters. The van der Waals surface area contributed by atoms with E-state index in [1.165, 1.54) is 17.7 Å². The van der Waals surface area contributed by atoms with E-state index in [2.05, 4.69) is 11.4 Å². The average Bonchev–Trinajstić information content (AvgIpc) is 2.45. The zero-order chi connectivity index (χ0) is 15.4. The van der Waals surface area contributed by atoms with Crippen LogP contribution in [0.1, 0.15) is 35.3 Å². The second-order valence-electron chi connectivity index (χ2n) is 5.60. The first-order valence-electron chi connectivity index (χ1n) is 7.20. The van der Waals surface area contributed by atoms with E-state index in [4.69, 9.17) is 0 Å². The molecule has 0 amide bonds. The Morgan fingerprint density at radius 1 is 1.10 bits per heavy atom. The second-order valence-corrected chi connectivity index (χ2v) is 5.60. The summed E-state index contributed by atoms with van der Waals surface area (Å²) in [5.41, 5.74) is 4.23. The zero-order valence-electron chi connectivity index (χ0n) is 12.7. The number of benzene rings is 2. The van der Waals surface area contributed by atoms with E-state index in [0.29, 0.717) is 6.54 Å². The molecular weight excluding hydrogens is 265 g/mol. The molecule has 0 bridgehead atoms. The first-order chi connectivity index (χ1) is 9.97. The lowest BCUT2D eigenvalue weighted by atomic mass is 9.97. The summed E-state index contributed by atoms with van der Waals surface area (Å²) in [4.78, 5) is 0. The molecule has 0 aliphatic carbocycles. The monoisotopic (exact) mass is 287 g/mol. The van der Waals surface area contributed by atoms with E-state index in [1.807, 2.05) is 32.9 Å². The average molecular weight is 287 g/mol. The third-order valence-corrected chi connectivity index (χ3v) is 3.76. The smallest absolute Gasteiger partial charge is 0.123 e. The third kappa shape index (κ3) is 4.13. The second kappa shape index (κ2) is 6.83. The molecule has 2 rings (SSSR count). The van der Waals surface area contributed by atoms with Gasteiger partial charge in [-0.2, -0.15) is 0 Å². The number of aryl methyl sites for hydroxylation is 2. The van der Waals surface area contributed by atoms with Crippen LogP contribution in [0.3, 0.4) is 0 Å². The highest BCUT2D eigenvalue weighted by Crippen LogP contribution is 2.22. The van der Waals surface area contributed by atoms with Crippen LogP contribution in [-0.2, 0) is 6.54 Å². The normalized spacial score (nSPS) is 14.0. The lowest BCUT2D eigenvalue weighted by Gasteiger charge is -2.22. The Morgan fingerprint density at radius 3 is 2.38 bits per heavy atom. The molecule has 0 saturated carbocycles. The minimum atomic E-state index is -0.564. The molecule has 0 aromatic heterocycles. The number of halogens is 1. The molecule has 0 saturated heterocycles. The highest BCUT2D eigenvalue weighted by atomic mass is 19.1. The van der Waals surface area contributed by atoms with Crippen molar-refractivity contribution in [1.82, 2.24) is 5.32 Å². The van der Waals surface area contributed by atoms with Crippen molar-refractivity contribution in [1.29, 1.82) is 0 Å². The lowest BCUT2D eigenvalue weighted by Crippen LogP contribution is -2.32. The van der Waals surface area contributed by atoms with Gasteiger partial charge in [-0.25, -0.2) is 4.39 Å². The first-order valence-corrected chi connectivity index (χ1v) is 7.20. The Labute approximate surface area is 125 Å². The summed E-state index contributed by atoms with van der Waals surface area (Å²) in [5, 5.41) is 13.7. The van der Waals surface area contributed by atoms with E-state index in [-0.39, 0.29) is 11.9 Å². The van der Waals surface area contributed by atoms with Gasteiger partial charge in [-0.1, -0.05) is 35.9 Å². The van der Waals surface area contributed by atoms with Crippen molar-refractivity contribution in [2.24, 2.45) is 0 Å². The highest BCUT2D eigenvalue weighted by Gasteiger charge is 2.17. The summed E-state index contributed by atoms with van der Waals surface area (Å²) < 4.78 is 12.9. The van der Waals surface area contributed by atoms with Crippen molar-refractivity contribution >= 4 is 0 Å². The molecule has 112 valence electrons. The van der Waals surface area contributed by atoms with Crippen LogP contribution in [0.5, 0.6) is 0 Å². The van der Waals surface area contributed by atoms with Crippen LogP contribution in [0.25, 0.3) is 0 Å². The number of hydrogen-bond donors (Lipinski definition) is 2. The lowest BCUT2D eigenvalue weighted by molar-refractivity contribution is 0.134. The molecule has 0 radical (unpaired) electrons. The van der Waals surface area contributed by atoms with Crippen molar-refractivity contribution in [3.8, 4) is 0 Å². The van der Waals surface area contributed by atoms with Crippen LogP contribution in [-0.4, -0.2) is 11.1 Å². The molecule has 2 aromatic carbocycles. The molecule has 3 heteroatoms. The Morgan fingerprint density at radius 2 is 1.76 bits per heavy atom. The highest BCUT2D eigenvalue weighted by molar-refractivity contribution is 5.32. The number of nitrogens with one attached hydrogen (secondary N) is 1. The minimum absolute atomic E-state index is 0.0866. The molecular formula is C18H22FNO. The van der Waals surface area contributed by atoms with Gasteiger partial charge < -0.3 is 10.4 Å². The van der Waals surface area contributed by atoms with Gasteiger partial charge in [0.2, 0.25) is 0 Å². The van der Waals surface area contributed by atoms with Gasteiger partial charge in [-0.15, -0.1) is 0 Å². The largest absolute Gasteiger partial charge is 0.387 e. The van der Waals surface area contributed by atoms with Crippen molar-refractivity contribution in [3.05, 3.63) is 70.5 Å². The number of hydrogen-bond acceptors (Lipinski definition) is 2. The maximum absolute atomic E-state index is 12.9. The van der Waals surface area contributed by atoms with Crippen LogP contribution in [0.4, 0.5) is 4.39 Å². The van der Waals surface area contributed by atoms with E-state index >= 15 is 0 Å². The Balaban J connectivity index is 1.99. The first kappa shape index (κ1) is 15.7. The molecule has 2 atom stereocenters. The molecule has 2 aromatic rings. The number of aliphatic hydroxyl groups is 1. The molecule has 0 fully saturated rings. The maximum Gasteiger partial charge on any atom is 0.123 e. The SMILES string of the molecule is Cc1ccc(C(O)C(C)NCc2ccc(F)cc2)c(C)c1. The predicted octanol–water partition coefficient (Wildman–Crippen LogP) is 3.65. The summed E-state index contributed by atoms with van der Waals surface area (Å²) >= 11 is 0.